The number of ether oxygens (including phenoxy) is 2. The highest BCUT2D eigenvalue weighted by molar-refractivity contribution is 6.05. The maximum atomic E-state index is 13.3. The molecule has 0 saturated carbocycles. The number of carbonyl (C=O) groups excluding carboxylic acids is 2. The van der Waals surface area contributed by atoms with Gasteiger partial charge in [0, 0.05) is 37.5 Å². The molecule has 5 rings (SSSR count). The van der Waals surface area contributed by atoms with E-state index in [0.29, 0.717) is 42.1 Å². The quantitative estimate of drug-likeness (QED) is 0.336. The number of carbonyl (C=O) groups is 2. The average molecular weight is 564 g/mol. The Morgan fingerprint density at radius 3 is 2.52 bits per heavy atom. The van der Waals surface area contributed by atoms with E-state index in [1.54, 1.807) is 33.0 Å². The van der Waals surface area contributed by atoms with E-state index in [1.165, 1.54) is 0 Å². The van der Waals surface area contributed by atoms with E-state index in [-0.39, 0.29) is 12.5 Å². The predicted octanol–water partition coefficient (Wildman–Crippen LogP) is 5.11. The van der Waals surface area contributed by atoms with Crippen molar-refractivity contribution in [3.8, 4) is 23.2 Å². The molecule has 9 nitrogen and oxygen atoms in total. The molecule has 2 amide bonds. The highest BCUT2D eigenvalue weighted by Gasteiger charge is 2.35. The van der Waals surface area contributed by atoms with Crippen LogP contribution in [0.25, 0.3) is 11.4 Å². The van der Waals surface area contributed by atoms with Crippen molar-refractivity contribution in [2.45, 2.75) is 46.0 Å². The van der Waals surface area contributed by atoms with Gasteiger partial charge in [0.25, 0.3) is 5.91 Å². The van der Waals surface area contributed by atoms with Crippen molar-refractivity contribution in [3.05, 3.63) is 100 Å². The summed E-state index contributed by atoms with van der Waals surface area (Å²) in [6.45, 7) is 6.52. The molecule has 4 aromatic rings. The first-order valence-corrected chi connectivity index (χ1v) is 13.7. The molecule has 3 heterocycles. The number of anilines is 1. The van der Waals surface area contributed by atoms with Crippen molar-refractivity contribution in [1.82, 2.24) is 19.4 Å². The van der Waals surface area contributed by atoms with Crippen LogP contribution < -0.4 is 5.73 Å². The Balaban J connectivity index is 1.38. The zero-order valence-corrected chi connectivity index (χ0v) is 24.2. The fourth-order valence-corrected chi connectivity index (χ4v) is 4.74. The van der Waals surface area contributed by atoms with Crippen LogP contribution in [0.15, 0.2) is 66.9 Å². The molecule has 42 heavy (non-hydrogen) atoms. The van der Waals surface area contributed by atoms with Gasteiger partial charge >= 0.3 is 6.09 Å². The summed E-state index contributed by atoms with van der Waals surface area (Å²) < 4.78 is 13.2. The number of hydrogen-bond acceptors (Lipinski definition) is 7. The van der Waals surface area contributed by atoms with Gasteiger partial charge in [-0.15, -0.1) is 0 Å². The van der Waals surface area contributed by atoms with Crippen LogP contribution in [0.1, 0.15) is 59.1 Å². The van der Waals surface area contributed by atoms with Gasteiger partial charge in [0.2, 0.25) is 5.95 Å². The van der Waals surface area contributed by atoms with E-state index >= 15 is 0 Å². The molecular weight excluding hydrogens is 530 g/mol. The molecule has 0 aliphatic carbocycles. The SMILES string of the molecule is Cn1c(-c2nc(N)ncc2C#Cc2cccc(COCc3ccccc3)c2)cc2c1CCN(C(=O)OC(C)(C)C)C2=O. The first-order valence-electron chi connectivity index (χ1n) is 13.7. The largest absolute Gasteiger partial charge is 0.443 e. The highest BCUT2D eigenvalue weighted by atomic mass is 16.6. The predicted molar refractivity (Wildman–Crippen MR) is 159 cm³/mol. The standard InChI is InChI=1S/C33H33N5O4/c1-33(2,3)42-32(40)38-16-15-27-26(30(38)39)18-28(37(27)4)29-25(19-35-31(34)36-29)14-13-22-11-8-12-24(17-22)21-41-20-23-9-6-5-7-10-23/h5-12,17-19H,15-16,20-21H2,1-4H3,(H2,34,35,36). The maximum Gasteiger partial charge on any atom is 0.417 e. The normalized spacial score (nSPS) is 12.9. The molecule has 0 saturated heterocycles. The molecule has 9 heteroatoms. The molecule has 0 atom stereocenters. The Labute approximate surface area is 245 Å². The molecule has 0 spiro atoms. The van der Waals surface area contributed by atoms with Crippen LogP contribution in [0.2, 0.25) is 0 Å². The van der Waals surface area contributed by atoms with Crippen LogP contribution >= 0.6 is 0 Å². The Morgan fingerprint density at radius 1 is 1.02 bits per heavy atom. The second kappa shape index (κ2) is 11.9. The van der Waals surface area contributed by atoms with Gasteiger partial charge in [0.15, 0.2) is 0 Å². The number of imide groups is 1. The molecule has 2 aromatic carbocycles. The second-order valence-corrected chi connectivity index (χ2v) is 11.1. The van der Waals surface area contributed by atoms with Crippen LogP contribution in [-0.2, 0) is 36.2 Å². The average Bonchev–Trinajstić information content (AvgIpc) is 3.29. The van der Waals surface area contributed by atoms with Gasteiger partial charge in [-0.2, -0.15) is 0 Å². The Hall–Kier alpha value is -4.94. The van der Waals surface area contributed by atoms with E-state index in [1.807, 2.05) is 66.2 Å². The summed E-state index contributed by atoms with van der Waals surface area (Å²) in [6, 6.07) is 19.6. The first-order chi connectivity index (χ1) is 20.1. The van der Waals surface area contributed by atoms with Gasteiger partial charge in [0.1, 0.15) is 11.3 Å². The molecular formula is C33H33N5O4. The molecule has 0 unspecified atom stereocenters. The molecule has 2 N–H and O–H groups in total. The topological polar surface area (TPSA) is 113 Å². The summed E-state index contributed by atoms with van der Waals surface area (Å²) in [5.74, 6) is 6.07. The summed E-state index contributed by atoms with van der Waals surface area (Å²) >= 11 is 0. The lowest BCUT2D eigenvalue weighted by Crippen LogP contribution is -2.44. The number of benzene rings is 2. The molecule has 214 valence electrons. The molecule has 0 fully saturated rings. The third-order valence-corrected chi connectivity index (χ3v) is 6.72. The lowest BCUT2D eigenvalue weighted by atomic mass is 10.1. The zero-order chi connectivity index (χ0) is 29.9. The van der Waals surface area contributed by atoms with Gasteiger partial charge in [-0.25, -0.2) is 19.7 Å². The van der Waals surface area contributed by atoms with Crippen molar-refractivity contribution in [2.24, 2.45) is 7.05 Å². The third kappa shape index (κ3) is 6.51. The highest BCUT2D eigenvalue weighted by Crippen LogP contribution is 2.30. The third-order valence-electron chi connectivity index (χ3n) is 6.72. The van der Waals surface area contributed by atoms with Crippen LogP contribution in [0.5, 0.6) is 0 Å². The Kier molecular flexibility index (Phi) is 8.09. The fraction of sp³-hybridized carbons (Fsp3) is 0.273. The lowest BCUT2D eigenvalue weighted by molar-refractivity contribution is 0.0232. The maximum absolute atomic E-state index is 13.3. The van der Waals surface area contributed by atoms with Gasteiger partial charge in [0.05, 0.1) is 30.0 Å². The van der Waals surface area contributed by atoms with Gasteiger partial charge < -0.3 is 19.8 Å². The van der Waals surface area contributed by atoms with E-state index in [9.17, 15) is 9.59 Å². The summed E-state index contributed by atoms with van der Waals surface area (Å²) in [5.41, 5.74) is 11.1. The number of amides is 2. The first kappa shape index (κ1) is 28.6. The van der Waals surface area contributed by atoms with Crippen molar-refractivity contribution in [1.29, 1.82) is 0 Å². The second-order valence-electron chi connectivity index (χ2n) is 11.1. The minimum atomic E-state index is -0.708. The molecule has 1 aliphatic rings. The van der Waals surface area contributed by atoms with E-state index in [0.717, 1.165) is 27.3 Å². The summed E-state index contributed by atoms with van der Waals surface area (Å²) in [7, 11) is 1.86. The fourth-order valence-electron chi connectivity index (χ4n) is 4.74. The van der Waals surface area contributed by atoms with Crippen LogP contribution in [0, 0.1) is 11.8 Å². The van der Waals surface area contributed by atoms with Gasteiger partial charge in [-0.1, -0.05) is 54.3 Å². The molecule has 0 bridgehead atoms. The molecule has 0 radical (unpaired) electrons. The zero-order valence-electron chi connectivity index (χ0n) is 24.2. The smallest absolute Gasteiger partial charge is 0.417 e. The lowest BCUT2D eigenvalue weighted by Gasteiger charge is -2.28. The minimum absolute atomic E-state index is 0.0917. The van der Waals surface area contributed by atoms with Crippen molar-refractivity contribution < 1.29 is 19.1 Å². The Morgan fingerprint density at radius 2 is 1.76 bits per heavy atom. The minimum Gasteiger partial charge on any atom is -0.443 e. The molecule has 2 aromatic heterocycles. The number of nitrogen functional groups attached to an aromatic ring is 1. The van der Waals surface area contributed by atoms with Gasteiger partial charge in [-0.3, -0.25) is 4.79 Å². The van der Waals surface area contributed by atoms with Crippen molar-refractivity contribution >= 4 is 17.9 Å². The summed E-state index contributed by atoms with van der Waals surface area (Å²) in [5, 5.41) is 0. The summed E-state index contributed by atoms with van der Waals surface area (Å²) in [6.07, 6.45) is 1.41. The number of rotatable bonds is 5. The number of nitrogens with two attached hydrogens (primary N) is 1. The Bertz CT molecular complexity index is 1690. The van der Waals surface area contributed by atoms with Crippen molar-refractivity contribution in [2.75, 3.05) is 12.3 Å². The number of hydrogen-bond donors (Lipinski definition) is 1. The number of nitrogens with zero attached hydrogens (tertiary/aromatic N) is 4. The van der Waals surface area contributed by atoms with Crippen LogP contribution in [-0.4, -0.2) is 43.6 Å². The van der Waals surface area contributed by atoms with Crippen LogP contribution in [0.4, 0.5) is 10.7 Å². The van der Waals surface area contributed by atoms with E-state index < -0.39 is 17.6 Å². The van der Waals surface area contributed by atoms with Crippen molar-refractivity contribution in [3.63, 3.8) is 0 Å². The molecule has 1 aliphatic heterocycles. The number of aromatic nitrogens is 3. The van der Waals surface area contributed by atoms with Crippen LogP contribution in [0.3, 0.4) is 0 Å². The summed E-state index contributed by atoms with van der Waals surface area (Å²) in [4.78, 5) is 35.8. The number of fused-ring (bicyclic) bond motifs is 1. The van der Waals surface area contributed by atoms with E-state index in [4.69, 9.17) is 15.2 Å². The van der Waals surface area contributed by atoms with Gasteiger partial charge in [-0.05, 0) is 50.1 Å². The monoisotopic (exact) mass is 563 g/mol. The van der Waals surface area contributed by atoms with E-state index in [2.05, 4.69) is 21.8 Å².